The Balaban J connectivity index is 1.75. The fourth-order valence-electron chi connectivity index (χ4n) is 2.90. The molecule has 1 aromatic heterocycles. The summed E-state index contributed by atoms with van der Waals surface area (Å²) < 4.78 is 10.4. The van der Waals surface area contributed by atoms with Gasteiger partial charge in [0.15, 0.2) is 5.82 Å². The molecular formula is C22H26N4O4S. The Morgan fingerprint density at radius 1 is 1.10 bits per heavy atom. The van der Waals surface area contributed by atoms with Crippen LogP contribution in [0.4, 0.5) is 0 Å². The van der Waals surface area contributed by atoms with Crippen LogP contribution in [0.2, 0.25) is 0 Å². The average molecular weight is 443 g/mol. The maximum atomic E-state index is 12.4. The number of aliphatic hydroxyl groups excluding tert-OH is 1. The number of carbonyl (C=O) groups excluding carboxylic acids is 1. The Hall–Kier alpha value is -3.04. The number of amides is 1. The molecule has 31 heavy (non-hydrogen) atoms. The van der Waals surface area contributed by atoms with Crippen LogP contribution < -0.4 is 14.8 Å². The molecule has 0 aliphatic carbocycles. The molecule has 9 heteroatoms. The highest BCUT2D eigenvalue weighted by Gasteiger charge is 2.20. The maximum absolute atomic E-state index is 12.4. The highest BCUT2D eigenvalue weighted by Crippen LogP contribution is 2.37. The second kappa shape index (κ2) is 11.4. The van der Waals surface area contributed by atoms with Crippen molar-refractivity contribution in [2.45, 2.75) is 23.2 Å². The molecule has 3 N–H and O–H groups in total. The summed E-state index contributed by atoms with van der Waals surface area (Å²) in [6, 6.07) is 15.2. The fraction of sp³-hybridized carbons (Fsp3) is 0.318. The van der Waals surface area contributed by atoms with Gasteiger partial charge in [-0.2, -0.15) is 0 Å². The number of hydrogen-bond donors (Lipinski definition) is 3. The molecule has 0 bridgehead atoms. The largest absolute Gasteiger partial charge is 0.497 e. The van der Waals surface area contributed by atoms with Gasteiger partial charge >= 0.3 is 0 Å². The van der Waals surface area contributed by atoms with Crippen molar-refractivity contribution in [1.29, 1.82) is 0 Å². The summed E-state index contributed by atoms with van der Waals surface area (Å²) in [6.07, 6.45) is 0.785. The lowest BCUT2D eigenvalue weighted by Crippen LogP contribution is -2.26. The summed E-state index contributed by atoms with van der Waals surface area (Å²) in [5, 5.41) is 19.4. The molecule has 0 unspecified atom stereocenters. The Morgan fingerprint density at radius 3 is 2.35 bits per heavy atom. The molecule has 0 saturated heterocycles. The number of ether oxygens (including phenoxy) is 2. The third-order valence-corrected chi connectivity index (χ3v) is 5.71. The Morgan fingerprint density at radius 2 is 1.74 bits per heavy atom. The molecule has 2 aromatic carbocycles. The number of nitrogens with zero attached hydrogens (tertiary/aromatic N) is 2. The fourth-order valence-corrected chi connectivity index (χ4v) is 3.92. The first-order valence-electron chi connectivity index (χ1n) is 9.88. The molecule has 1 heterocycles. The van der Waals surface area contributed by atoms with Crippen molar-refractivity contribution >= 4 is 17.7 Å². The first kappa shape index (κ1) is 22.6. The van der Waals surface area contributed by atoms with Crippen LogP contribution in [0.25, 0.3) is 11.4 Å². The Labute approximate surface area is 185 Å². The van der Waals surface area contributed by atoms with Crippen LogP contribution in [-0.2, 0) is 4.79 Å². The van der Waals surface area contributed by atoms with Gasteiger partial charge in [0.2, 0.25) is 11.1 Å². The second-order valence-corrected chi connectivity index (χ2v) is 7.88. The van der Waals surface area contributed by atoms with Gasteiger partial charge < -0.3 is 19.9 Å². The van der Waals surface area contributed by atoms with Gasteiger partial charge in [0.25, 0.3) is 0 Å². The van der Waals surface area contributed by atoms with Crippen molar-refractivity contribution in [3.63, 3.8) is 0 Å². The molecule has 0 spiro atoms. The van der Waals surface area contributed by atoms with Crippen LogP contribution in [0.15, 0.2) is 53.7 Å². The third kappa shape index (κ3) is 6.47. The standard InChI is InChI=1S/C22H26N4O4S/c1-29-17-8-4-15(5-9-17)19(14-20(28)23-12-3-13-27)31-22-24-21(25-26-22)16-6-10-18(30-2)11-7-16/h4-11,19,27H,3,12-14H2,1-2H3,(H,23,28)(H,24,25,26)/t19-/m1/s1. The van der Waals surface area contributed by atoms with Crippen molar-refractivity contribution < 1.29 is 19.4 Å². The minimum Gasteiger partial charge on any atom is -0.497 e. The van der Waals surface area contributed by atoms with E-state index in [9.17, 15) is 4.79 Å². The monoisotopic (exact) mass is 442 g/mol. The molecular weight excluding hydrogens is 416 g/mol. The number of aromatic amines is 1. The molecule has 0 aliphatic rings. The van der Waals surface area contributed by atoms with E-state index in [1.807, 2.05) is 48.5 Å². The number of methoxy groups -OCH3 is 2. The Bertz CT molecular complexity index is 960. The van der Waals surface area contributed by atoms with E-state index < -0.39 is 0 Å². The number of hydrogen-bond acceptors (Lipinski definition) is 7. The number of aliphatic hydroxyl groups is 1. The van der Waals surface area contributed by atoms with Crippen molar-refractivity contribution in [2.24, 2.45) is 0 Å². The lowest BCUT2D eigenvalue weighted by Gasteiger charge is -2.15. The predicted octanol–water partition coefficient (Wildman–Crippen LogP) is 3.21. The average Bonchev–Trinajstić information content (AvgIpc) is 3.27. The zero-order chi connectivity index (χ0) is 22.1. The number of carbonyl (C=O) groups is 1. The molecule has 0 aliphatic heterocycles. The van der Waals surface area contributed by atoms with E-state index in [0.29, 0.717) is 23.9 Å². The zero-order valence-electron chi connectivity index (χ0n) is 17.5. The lowest BCUT2D eigenvalue weighted by molar-refractivity contribution is -0.121. The number of H-pyrrole nitrogens is 1. The summed E-state index contributed by atoms with van der Waals surface area (Å²) >= 11 is 1.42. The van der Waals surface area contributed by atoms with Crippen molar-refractivity contribution in [3.05, 3.63) is 54.1 Å². The van der Waals surface area contributed by atoms with Crippen molar-refractivity contribution in [1.82, 2.24) is 20.5 Å². The molecule has 164 valence electrons. The van der Waals surface area contributed by atoms with Crippen LogP contribution in [0.5, 0.6) is 11.5 Å². The minimum atomic E-state index is -0.181. The molecule has 0 fully saturated rings. The normalized spacial score (nSPS) is 11.7. The smallest absolute Gasteiger partial charge is 0.221 e. The first-order chi connectivity index (χ1) is 15.1. The quantitative estimate of drug-likeness (QED) is 0.309. The van der Waals surface area contributed by atoms with Crippen LogP contribution in [0, 0.1) is 0 Å². The summed E-state index contributed by atoms with van der Waals surface area (Å²) in [5.41, 5.74) is 1.86. The van der Waals surface area contributed by atoms with E-state index in [1.54, 1.807) is 14.2 Å². The zero-order valence-corrected chi connectivity index (χ0v) is 18.3. The molecule has 0 saturated carbocycles. The van der Waals surface area contributed by atoms with Crippen LogP contribution in [-0.4, -0.2) is 53.6 Å². The number of nitrogens with one attached hydrogen (secondary N) is 2. The van der Waals surface area contributed by atoms with Gasteiger partial charge in [-0.1, -0.05) is 23.9 Å². The van der Waals surface area contributed by atoms with E-state index in [1.165, 1.54) is 11.8 Å². The van der Waals surface area contributed by atoms with Gasteiger partial charge in [-0.15, -0.1) is 5.10 Å². The van der Waals surface area contributed by atoms with Gasteiger partial charge in [0.05, 0.1) is 14.2 Å². The maximum Gasteiger partial charge on any atom is 0.221 e. The first-order valence-corrected chi connectivity index (χ1v) is 10.8. The predicted molar refractivity (Wildman–Crippen MR) is 119 cm³/mol. The van der Waals surface area contributed by atoms with Gasteiger partial charge in [-0.3, -0.25) is 9.89 Å². The van der Waals surface area contributed by atoms with Gasteiger partial charge in [0.1, 0.15) is 11.5 Å². The number of thioether (sulfide) groups is 1. The molecule has 3 rings (SSSR count). The van der Waals surface area contributed by atoms with E-state index in [4.69, 9.17) is 14.6 Å². The van der Waals surface area contributed by atoms with Crippen LogP contribution >= 0.6 is 11.8 Å². The topological polar surface area (TPSA) is 109 Å². The summed E-state index contributed by atoms with van der Waals surface area (Å²) in [4.78, 5) is 17.0. The van der Waals surface area contributed by atoms with E-state index in [2.05, 4.69) is 20.5 Å². The summed E-state index contributed by atoms with van der Waals surface area (Å²) in [5.74, 6) is 2.07. The third-order valence-electron chi connectivity index (χ3n) is 4.59. The lowest BCUT2D eigenvalue weighted by atomic mass is 10.1. The number of benzene rings is 2. The van der Waals surface area contributed by atoms with E-state index in [0.717, 1.165) is 22.6 Å². The van der Waals surface area contributed by atoms with Gasteiger partial charge in [0, 0.05) is 30.4 Å². The van der Waals surface area contributed by atoms with Crippen molar-refractivity contribution in [2.75, 3.05) is 27.4 Å². The van der Waals surface area contributed by atoms with Crippen molar-refractivity contribution in [3.8, 4) is 22.9 Å². The molecule has 3 aromatic rings. The summed E-state index contributed by atoms with van der Waals surface area (Å²) in [6.45, 7) is 0.486. The van der Waals surface area contributed by atoms with Gasteiger partial charge in [-0.25, -0.2) is 4.98 Å². The van der Waals surface area contributed by atoms with Crippen LogP contribution in [0.3, 0.4) is 0 Å². The highest BCUT2D eigenvalue weighted by molar-refractivity contribution is 7.99. The molecule has 1 amide bonds. The highest BCUT2D eigenvalue weighted by atomic mass is 32.2. The number of rotatable bonds is 11. The molecule has 0 radical (unpaired) electrons. The SMILES string of the molecule is COc1ccc(-c2nc(S[C@H](CC(=O)NCCCO)c3ccc(OC)cc3)n[nH]2)cc1. The Kier molecular flexibility index (Phi) is 8.31. The van der Waals surface area contributed by atoms with Crippen LogP contribution in [0.1, 0.15) is 23.7 Å². The number of aromatic nitrogens is 3. The second-order valence-electron chi connectivity index (χ2n) is 6.71. The minimum absolute atomic E-state index is 0.0439. The van der Waals surface area contributed by atoms with Gasteiger partial charge in [-0.05, 0) is 48.4 Å². The summed E-state index contributed by atoms with van der Waals surface area (Å²) in [7, 11) is 3.24. The molecule has 1 atom stereocenters. The van der Waals surface area contributed by atoms with E-state index >= 15 is 0 Å². The molecule has 8 nitrogen and oxygen atoms in total. The van der Waals surface area contributed by atoms with E-state index in [-0.39, 0.29) is 24.2 Å².